The maximum absolute atomic E-state index is 5.45. The molecule has 1 heterocycles. The highest BCUT2D eigenvalue weighted by atomic mass is 15.1. The van der Waals surface area contributed by atoms with Gasteiger partial charge in [-0.2, -0.15) is 0 Å². The van der Waals surface area contributed by atoms with Crippen LogP contribution in [0.4, 0.5) is 0 Å². The Labute approximate surface area is 49.4 Å². The molecular weight excluding hydrogens is 100 g/mol. The molecule has 0 spiro atoms. The van der Waals surface area contributed by atoms with Crippen LogP contribution in [0.25, 0.3) is 0 Å². The molecule has 2 heteroatoms. The third kappa shape index (κ3) is 0.565. The summed E-state index contributed by atoms with van der Waals surface area (Å²) in [6.07, 6.45) is 2.75. The monoisotopic (exact) mass is 112 g/mol. The molecule has 2 nitrogen and oxygen atoms in total. The van der Waals surface area contributed by atoms with Crippen LogP contribution < -0.4 is 11.1 Å². The third-order valence-electron chi connectivity index (χ3n) is 2.24. The van der Waals surface area contributed by atoms with Crippen LogP contribution >= 0.6 is 0 Å². The number of hydrogen-bond donors (Lipinski definition) is 2. The molecule has 1 aliphatic carbocycles. The first-order valence-corrected chi connectivity index (χ1v) is 3.36. The Bertz CT molecular complexity index is 92.7. The van der Waals surface area contributed by atoms with E-state index < -0.39 is 0 Å². The molecule has 3 N–H and O–H groups in total. The van der Waals surface area contributed by atoms with Crippen LogP contribution in [0.1, 0.15) is 12.8 Å². The molecule has 0 amide bonds. The van der Waals surface area contributed by atoms with E-state index >= 15 is 0 Å². The zero-order chi connectivity index (χ0) is 5.56. The molecule has 1 saturated heterocycles. The van der Waals surface area contributed by atoms with Gasteiger partial charge in [-0.25, -0.2) is 0 Å². The Morgan fingerprint density at radius 2 is 2.38 bits per heavy atom. The average molecular weight is 112 g/mol. The quantitative estimate of drug-likeness (QED) is 0.488. The topological polar surface area (TPSA) is 38.0 Å². The summed E-state index contributed by atoms with van der Waals surface area (Å²) in [5.74, 6) is 1.00. The first kappa shape index (κ1) is 4.77. The van der Waals surface area contributed by atoms with Gasteiger partial charge in [-0.3, -0.25) is 0 Å². The van der Waals surface area contributed by atoms with E-state index in [1.165, 1.54) is 12.8 Å². The first-order chi connectivity index (χ1) is 3.90. The summed E-state index contributed by atoms with van der Waals surface area (Å²) in [4.78, 5) is 0. The fraction of sp³-hybridized carbons (Fsp3) is 1.00. The van der Waals surface area contributed by atoms with Crippen molar-refractivity contribution in [2.75, 3.05) is 6.54 Å². The lowest BCUT2D eigenvalue weighted by molar-refractivity contribution is 0.549. The second kappa shape index (κ2) is 1.45. The number of nitrogens with one attached hydrogen (secondary N) is 1. The van der Waals surface area contributed by atoms with E-state index in [9.17, 15) is 0 Å². The van der Waals surface area contributed by atoms with Crippen LogP contribution in [0.5, 0.6) is 0 Å². The molecule has 2 fully saturated rings. The van der Waals surface area contributed by atoms with Crippen LogP contribution in [-0.2, 0) is 0 Å². The lowest BCUT2D eigenvalue weighted by atomic mass is 10.2. The van der Waals surface area contributed by atoms with E-state index in [0.717, 1.165) is 18.5 Å². The molecule has 8 heavy (non-hydrogen) atoms. The molecule has 2 aliphatic rings. The Kier molecular flexibility index (Phi) is 0.866. The van der Waals surface area contributed by atoms with E-state index in [0.29, 0.717) is 6.04 Å². The average Bonchev–Trinajstić information content (AvgIpc) is 2.40. The summed E-state index contributed by atoms with van der Waals surface area (Å²) in [6.45, 7) is 0.826. The van der Waals surface area contributed by atoms with E-state index in [4.69, 9.17) is 5.73 Å². The molecule has 3 atom stereocenters. The van der Waals surface area contributed by atoms with Gasteiger partial charge >= 0.3 is 0 Å². The molecule has 0 bridgehead atoms. The molecule has 46 valence electrons. The smallest absolute Gasteiger partial charge is 0.0196 e. The maximum Gasteiger partial charge on any atom is 0.0196 e. The largest absolute Gasteiger partial charge is 0.329 e. The van der Waals surface area contributed by atoms with Crippen LogP contribution in [0.2, 0.25) is 0 Å². The Hall–Kier alpha value is -0.0800. The summed E-state index contributed by atoms with van der Waals surface area (Å²) in [5, 5.41) is 3.45. The summed E-state index contributed by atoms with van der Waals surface area (Å²) < 4.78 is 0. The van der Waals surface area contributed by atoms with Crippen molar-refractivity contribution in [3.63, 3.8) is 0 Å². The van der Waals surface area contributed by atoms with Crippen molar-refractivity contribution in [1.82, 2.24) is 5.32 Å². The van der Waals surface area contributed by atoms with E-state index in [-0.39, 0.29) is 0 Å². The van der Waals surface area contributed by atoms with Gasteiger partial charge in [0, 0.05) is 18.6 Å². The van der Waals surface area contributed by atoms with Crippen LogP contribution in [-0.4, -0.2) is 18.6 Å². The number of fused-ring (bicyclic) bond motifs is 1. The number of hydrogen-bond acceptors (Lipinski definition) is 2. The molecule has 0 aromatic rings. The number of rotatable bonds is 1. The summed E-state index contributed by atoms with van der Waals surface area (Å²) in [6, 6.07) is 1.52. The van der Waals surface area contributed by atoms with Crippen molar-refractivity contribution >= 4 is 0 Å². The fourth-order valence-corrected chi connectivity index (χ4v) is 1.61. The molecule has 2 rings (SSSR count). The minimum absolute atomic E-state index is 0.652. The predicted molar refractivity (Wildman–Crippen MR) is 32.5 cm³/mol. The van der Waals surface area contributed by atoms with Crippen LogP contribution in [0.15, 0.2) is 0 Å². The predicted octanol–water partition coefficient (Wildman–Crippen LogP) is -0.305. The van der Waals surface area contributed by atoms with Crippen molar-refractivity contribution in [2.24, 2.45) is 11.7 Å². The normalized spacial score (nSPS) is 51.4. The lowest BCUT2D eigenvalue weighted by Crippen LogP contribution is -2.32. The molecule has 0 aromatic carbocycles. The van der Waals surface area contributed by atoms with Crippen molar-refractivity contribution in [2.45, 2.75) is 24.9 Å². The van der Waals surface area contributed by atoms with Gasteiger partial charge in [0.25, 0.3) is 0 Å². The number of piperidine rings is 1. The summed E-state index contributed by atoms with van der Waals surface area (Å²) in [7, 11) is 0. The molecule has 0 radical (unpaired) electrons. The molecule has 0 aromatic heterocycles. The minimum atomic E-state index is 0.652. The molecular formula is C6H12N2. The van der Waals surface area contributed by atoms with Crippen molar-refractivity contribution in [1.29, 1.82) is 0 Å². The number of nitrogens with two attached hydrogens (primary N) is 1. The highest BCUT2D eigenvalue weighted by molar-refractivity contribution is 5.03. The van der Waals surface area contributed by atoms with E-state index in [2.05, 4.69) is 5.32 Å². The zero-order valence-corrected chi connectivity index (χ0v) is 4.93. The second-order valence-corrected chi connectivity index (χ2v) is 2.94. The van der Waals surface area contributed by atoms with Gasteiger partial charge in [0.1, 0.15) is 0 Å². The Morgan fingerprint density at radius 3 is 2.75 bits per heavy atom. The molecule has 3 unspecified atom stereocenters. The van der Waals surface area contributed by atoms with Gasteiger partial charge in [0.05, 0.1) is 0 Å². The molecule has 1 aliphatic heterocycles. The van der Waals surface area contributed by atoms with Gasteiger partial charge in [-0.15, -0.1) is 0 Å². The Morgan fingerprint density at radius 1 is 1.50 bits per heavy atom. The van der Waals surface area contributed by atoms with Crippen molar-refractivity contribution in [3.05, 3.63) is 0 Å². The summed E-state index contributed by atoms with van der Waals surface area (Å²) >= 11 is 0. The van der Waals surface area contributed by atoms with Gasteiger partial charge in [0.2, 0.25) is 0 Å². The first-order valence-electron chi connectivity index (χ1n) is 3.36. The van der Waals surface area contributed by atoms with E-state index in [1.807, 2.05) is 0 Å². The van der Waals surface area contributed by atoms with Gasteiger partial charge < -0.3 is 11.1 Å². The minimum Gasteiger partial charge on any atom is -0.329 e. The fourth-order valence-electron chi connectivity index (χ4n) is 1.61. The SMILES string of the molecule is NCC1CC2CC2N1. The van der Waals surface area contributed by atoms with Gasteiger partial charge in [-0.1, -0.05) is 0 Å². The van der Waals surface area contributed by atoms with Crippen LogP contribution in [0.3, 0.4) is 0 Å². The Balaban J connectivity index is 1.89. The standard InChI is InChI=1S/C6H12N2/c7-3-5-1-4-2-6(4)8-5/h4-6,8H,1-3,7H2. The third-order valence-corrected chi connectivity index (χ3v) is 2.24. The van der Waals surface area contributed by atoms with Gasteiger partial charge in [-0.05, 0) is 18.8 Å². The second-order valence-electron chi connectivity index (χ2n) is 2.94. The highest BCUT2D eigenvalue weighted by Gasteiger charge is 2.44. The zero-order valence-electron chi connectivity index (χ0n) is 4.93. The van der Waals surface area contributed by atoms with Crippen molar-refractivity contribution in [3.8, 4) is 0 Å². The molecule has 1 saturated carbocycles. The van der Waals surface area contributed by atoms with Crippen LogP contribution in [0, 0.1) is 5.92 Å². The summed E-state index contributed by atoms with van der Waals surface area (Å²) in [5.41, 5.74) is 5.45. The maximum atomic E-state index is 5.45. The van der Waals surface area contributed by atoms with Crippen molar-refractivity contribution < 1.29 is 0 Å². The highest BCUT2D eigenvalue weighted by Crippen LogP contribution is 2.40. The lowest BCUT2D eigenvalue weighted by Gasteiger charge is -2.07. The van der Waals surface area contributed by atoms with E-state index in [1.54, 1.807) is 0 Å². The van der Waals surface area contributed by atoms with Gasteiger partial charge in [0.15, 0.2) is 0 Å².